The minimum atomic E-state index is 0.849. The lowest BCUT2D eigenvalue weighted by molar-refractivity contribution is 0.171. The Morgan fingerprint density at radius 1 is 1.25 bits per heavy atom. The van der Waals surface area contributed by atoms with Crippen molar-refractivity contribution in [2.24, 2.45) is 17.8 Å². The molecule has 2 aliphatic rings. The van der Waals surface area contributed by atoms with Crippen LogP contribution < -0.4 is 5.32 Å². The standard InChI is InChI=1S/C17H28N2S/c1-3-13-4-5-14(10-18-16-6-7-16)15(8-13)9-17-19-12(2)11-20-17/h11,13-16,18H,3-10H2,1-2H3. The zero-order valence-electron chi connectivity index (χ0n) is 12.9. The Bertz CT molecular complexity index is 424. The van der Waals surface area contributed by atoms with Crippen molar-refractivity contribution >= 4 is 11.3 Å². The SMILES string of the molecule is CCC1CCC(CNC2CC2)C(Cc2nc(C)cs2)C1. The quantitative estimate of drug-likeness (QED) is 0.850. The molecule has 2 fully saturated rings. The van der Waals surface area contributed by atoms with E-state index in [2.05, 4.69) is 24.5 Å². The van der Waals surface area contributed by atoms with Crippen molar-refractivity contribution in [1.29, 1.82) is 0 Å². The van der Waals surface area contributed by atoms with Crippen LogP contribution in [0.3, 0.4) is 0 Å². The Balaban J connectivity index is 1.60. The lowest BCUT2D eigenvalue weighted by Crippen LogP contribution is -2.35. The Morgan fingerprint density at radius 3 is 2.75 bits per heavy atom. The average Bonchev–Trinajstić information content (AvgIpc) is 3.20. The number of hydrogen-bond donors (Lipinski definition) is 1. The first-order valence-corrected chi connectivity index (χ1v) is 9.27. The number of aryl methyl sites for hydroxylation is 1. The van der Waals surface area contributed by atoms with Gasteiger partial charge in [0.05, 0.1) is 5.01 Å². The Labute approximate surface area is 127 Å². The summed E-state index contributed by atoms with van der Waals surface area (Å²) in [4.78, 5) is 4.70. The highest BCUT2D eigenvalue weighted by Crippen LogP contribution is 2.38. The van der Waals surface area contributed by atoms with Crippen molar-refractivity contribution in [3.8, 4) is 0 Å². The number of aromatic nitrogens is 1. The molecular weight excluding hydrogens is 264 g/mol. The third kappa shape index (κ3) is 3.82. The summed E-state index contributed by atoms with van der Waals surface area (Å²) in [5.74, 6) is 2.69. The van der Waals surface area contributed by atoms with Crippen LogP contribution in [0.2, 0.25) is 0 Å². The van der Waals surface area contributed by atoms with E-state index in [0.717, 1.165) is 23.8 Å². The summed E-state index contributed by atoms with van der Waals surface area (Å²) in [6.45, 7) is 5.72. The van der Waals surface area contributed by atoms with Gasteiger partial charge in [-0.05, 0) is 56.9 Å². The monoisotopic (exact) mass is 292 g/mol. The fourth-order valence-corrected chi connectivity index (χ4v) is 4.51. The van der Waals surface area contributed by atoms with Gasteiger partial charge in [-0.25, -0.2) is 4.98 Å². The van der Waals surface area contributed by atoms with Crippen molar-refractivity contribution in [2.75, 3.05) is 6.54 Å². The number of nitrogens with zero attached hydrogens (tertiary/aromatic N) is 1. The Morgan fingerprint density at radius 2 is 2.10 bits per heavy atom. The van der Waals surface area contributed by atoms with Crippen LogP contribution in [0.5, 0.6) is 0 Å². The van der Waals surface area contributed by atoms with E-state index in [1.54, 1.807) is 0 Å². The van der Waals surface area contributed by atoms with Crippen LogP contribution in [0.25, 0.3) is 0 Å². The van der Waals surface area contributed by atoms with Crippen LogP contribution >= 0.6 is 11.3 Å². The summed E-state index contributed by atoms with van der Waals surface area (Å²) in [7, 11) is 0. The van der Waals surface area contributed by atoms with E-state index in [0.29, 0.717) is 0 Å². The Hall–Kier alpha value is -0.410. The smallest absolute Gasteiger partial charge is 0.0930 e. The summed E-state index contributed by atoms with van der Waals surface area (Å²) < 4.78 is 0. The predicted molar refractivity (Wildman–Crippen MR) is 86.2 cm³/mol. The van der Waals surface area contributed by atoms with Gasteiger partial charge in [0.1, 0.15) is 0 Å². The molecule has 0 spiro atoms. The molecule has 3 heteroatoms. The molecule has 20 heavy (non-hydrogen) atoms. The molecule has 1 aromatic heterocycles. The van der Waals surface area contributed by atoms with E-state index in [4.69, 9.17) is 4.98 Å². The summed E-state index contributed by atoms with van der Waals surface area (Å²) in [5, 5.41) is 7.33. The highest BCUT2D eigenvalue weighted by atomic mass is 32.1. The molecule has 3 atom stereocenters. The Kier molecular flexibility index (Phi) is 4.77. The fourth-order valence-electron chi connectivity index (χ4n) is 3.64. The van der Waals surface area contributed by atoms with Crippen LogP contribution in [0, 0.1) is 24.7 Å². The number of thiazole rings is 1. The van der Waals surface area contributed by atoms with Crippen LogP contribution in [0.15, 0.2) is 5.38 Å². The normalized spacial score (nSPS) is 30.6. The highest BCUT2D eigenvalue weighted by molar-refractivity contribution is 7.09. The molecule has 2 aliphatic carbocycles. The van der Waals surface area contributed by atoms with E-state index < -0.39 is 0 Å². The predicted octanol–water partition coefficient (Wildman–Crippen LogP) is 4.19. The van der Waals surface area contributed by atoms with Crippen molar-refractivity contribution in [3.63, 3.8) is 0 Å². The van der Waals surface area contributed by atoms with Crippen LogP contribution in [-0.2, 0) is 6.42 Å². The van der Waals surface area contributed by atoms with Gasteiger partial charge in [0.2, 0.25) is 0 Å². The van der Waals surface area contributed by atoms with E-state index in [1.165, 1.54) is 62.2 Å². The van der Waals surface area contributed by atoms with Crippen LogP contribution in [-0.4, -0.2) is 17.6 Å². The maximum absolute atomic E-state index is 4.70. The molecule has 0 aromatic carbocycles. The van der Waals surface area contributed by atoms with E-state index in [9.17, 15) is 0 Å². The van der Waals surface area contributed by atoms with Gasteiger partial charge in [-0.1, -0.05) is 19.8 Å². The van der Waals surface area contributed by atoms with Gasteiger partial charge < -0.3 is 5.32 Å². The highest BCUT2D eigenvalue weighted by Gasteiger charge is 2.31. The molecule has 0 radical (unpaired) electrons. The lowest BCUT2D eigenvalue weighted by Gasteiger charge is -2.36. The molecule has 0 saturated heterocycles. The van der Waals surface area contributed by atoms with Gasteiger partial charge in [-0.3, -0.25) is 0 Å². The molecule has 3 unspecified atom stereocenters. The molecular formula is C17H28N2S. The second-order valence-electron chi connectivity index (χ2n) is 6.88. The van der Waals surface area contributed by atoms with Crippen molar-refractivity contribution in [1.82, 2.24) is 10.3 Å². The minimum absolute atomic E-state index is 0.849. The van der Waals surface area contributed by atoms with Crippen molar-refractivity contribution in [2.45, 2.75) is 64.8 Å². The number of nitrogens with one attached hydrogen (secondary N) is 1. The first kappa shape index (κ1) is 14.5. The second-order valence-corrected chi connectivity index (χ2v) is 7.82. The summed E-state index contributed by atoms with van der Waals surface area (Å²) in [6.07, 6.45) is 9.67. The first-order valence-electron chi connectivity index (χ1n) is 8.39. The molecule has 0 bridgehead atoms. The maximum atomic E-state index is 4.70. The number of hydrogen-bond acceptors (Lipinski definition) is 3. The van der Waals surface area contributed by atoms with E-state index in [-0.39, 0.29) is 0 Å². The average molecular weight is 292 g/mol. The molecule has 1 N–H and O–H groups in total. The van der Waals surface area contributed by atoms with Crippen LogP contribution in [0.1, 0.15) is 56.2 Å². The number of rotatable bonds is 6. The van der Waals surface area contributed by atoms with Gasteiger partial charge in [0.25, 0.3) is 0 Å². The van der Waals surface area contributed by atoms with Gasteiger partial charge in [0.15, 0.2) is 0 Å². The summed E-state index contributed by atoms with van der Waals surface area (Å²) in [5.41, 5.74) is 1.19. The molecule has 3 rings (SSSR count). The minimum Gasteiger partial charge on any atom is -0.314 e. The van der Waals surface area contributed by atoms with Gasteiger partial charge in [-0.15, -0.1) is 11.3 Å². The van der Waals surface area contributed by atoms with E-state index >= 15 is 0 Å². The van der Waals surface area contributed by atoms with Gasteiger partial charge in [-0.2, -0.15) is 0 Å². The third-order valence-electron chi connectivity index (χ3n) is 5.18. The third-order valence-corrected chi connectivity index (χ3v) is 6.16. The summed E-state index contributed by atoms with van der Waals surface area (Å²) in [6, 6.07) is 0.849. The molecule has 112 valence electrons. The van der Waals surface area contributed by atoms with Crippen LogP contribution in [0.4, 0.5) is 0 Å². The topological polar surface area (TPSA) is 24.9 Å². The zero-order chi connectivity index (χ0) is 13.9. The van der Waals surface area contributed by atoms with Gasteiger partial charge in [0, 0.05) is 23.5 Å². The van der Waals surface area contributed by atoms with E-state index in [1.807, 2.05) is 11.3 Å². The largest absolute Gasteiger partial charge is 0.314 e. The van der Waals surface area contributed by atoms with Gasteiger partial charge >= 0.3 is 0 Å². The second kappa shape index (κ2) is 6.57. The molecule has 1 heterocycles. The van der Waals surface area contributed by atoms with Crippen molar-refractivity contribution < 1.29 is 0 Å². The molecule has 2 saturated carbocycles. The molecule has 0 amide bonds. The molecule has 2 nitrogen and oxygen atoms in total. The molecule has 0 aliphatic heterocycles. The fraction of sp³-hybridized carbons (Fsp3) is 0.824. The molecule has 1 aromatic rings. The van der Waals surface area contributed by atoms with Crippen molar-refractivity contribution in [3.05, 3.63) is 16.1 Å². The lowest BCUT2D eigenvalue weighted by atomic mass is 9.72. The summed E-state index contributed by atoms with van der Waals surface area (Å²) >= 11 is 1.86. The maximum Gasteiger partial charge on any atom is 0.0930 e. The first-order chi connectivity index (χ1) is 9.74. The zero-order valence-corrected chi connectivity index (χ0v) is 13.7.